The number of rotatable bonds is 6. The van der Waals surface area contributed by atoms with Gasteiger partial charge in [-0.05, 0) is 43.7 Å². The molecule has 2 aromatic carbocycles. The summed E-state index contributed by atoms with van der Waals surface area (Å²) in [5, 5.41) is 2.67. The van der Waals surface area contributed by atoms with Gasteiger partial charge in [0.05, 0.1) is 19.3 Å². The lowest BCUT2D eigenvalue weighted by atomic mass is 9.97. The van der Waals surface area contributed by atoms with Crippen molar-refractivity contribution in [1.82, 2.24) is 4.98 Å². The fourth-order valence-corrected chi connectivity index (χ4v) is 3.12. The molecule has 0 aliphatic heterocycles. The third-order valence-corrected chi connectivity index (χ3v) is 4.54. The van der Waals surface area contributed by atoms with Crippen LogP contribution < -0.4 is 15.6 Å². The number of esters is 1. The molecule has 3 rings (SSSR count). The summed E-state index contributed by atoms with van der Waals surface area (Å²) in [6.45, 7) is 3.48. The van der Waals surface area contributed by atoms with E-state index < -0.39 is 17.4 Å². The molecule has 30 heavy (non-hydrogen) atoms. The van der Waals surface area contributed by atoms with Crippen LogP contribution in [0.4, 0.5) is 5.69 Å². The maximum absolute atomic E-state index is 12.8. The number of hydrogen-bond donors (Lipinski definition) is 2. The molecule has 0 fully saturated rings. The Bertz CT molecular complexity index is 1120. The van der Waals surface area contributed by atoms with Gasteiger partial charge in [-0.3, -0.25) is 9.59 Å². The van der Waals surface area contributed by atoms with E-state index in [1.807, 2.05) is 0 Å². The average molecular weight is 406 g/mol. The van der Waals surface area contributed by atoms with E-state index in [1.165, 1.54) is 0 Å². The van der Waals surface area contributed by atoms with E-state index in [-0.39, 0.29) is 17.9 Å². The van der Waals surface area contributed by atoms with Crippen molar-refractivity contribution in [3.63, 3.8) is 0 Å². The van der Waals surface area contributed by atoms with Crippen molar-refractivity contribution in [2.24, 2.45) is 0 Å². The SMILES string of the molecule is CCOC(=O)c1c(C)[nH]c(=O)c(NC(=O)c2ccccc2)c1-c1ccc(OC)cc1. The maximum Gasteiger partial charge on any atom is 0.340 e. The van der Waals surface area contributed by atoms with Crippen LogP contribution in [-0.4, -0.2) is 30.6 Å². The van der Waals surface area contributed by atoms with E-state index in [0.717, 1.165) is 0 Å². The molecule has 7 nitrogen and oxygen atoms in total. The fourth-order valence-electron chi connectivity index (χ4n) is 3.12. The van der Waals surface area contributed by atoms with E-state index in [9.17, 15) is 14.4 Å². The van der Waals surface area contributed by atoms with Crippen LogP contribution >= 0.6 is 0 Å². The minimum absolute atomic E-state index is 0.0253. The lowest BCUT2D eigenvalue weighted by molar-refractivity contribution is 0.0525. The van der Waals surface area contributed by atoms with Crippen molar-refractivity contribution in [2.45, 2.75) is 13.8 Å². The second kappa shape index (κ2) is 9.09. The zero-order valence-corrected chi connectivity index (χ0v) is 16.9. The molecule has 7 heteroatoms. The molecule has 0 radical (unpaired) electrons. The molecule has 0 aliphatic carbocycles. The molecule has 0 saturated carbocycles. The number of aromatic nitrogens is 1. The monoisotopic (exact) mass is 406 g/mol. The Kier molecular flexibility index (Phi) is 6.32. The number of pyridine rings is 1. The first kappa shape index (κ1) is 20.9. The Labute approximate surface area is 173 Å². The molecule has 2 N–H and O–H groups in total. The van der Waals surface area contributed by atoms with Crippen LogP contribution in [0.25, 0.3) is 11.1 Å². The summed E-state index contributed by atoms with van der Waals surface area (Å²) in [5.74, 6) is -0.435. The number of methoxy groups -OCH3 is 1. The van der Waals surface area contributed by atoms with Gasteiger partial charge < -0.3 is 19.8 Å². The number of nitrogens with one attached hydrogen (secondary N) is 2. The van der Waals surface area contributed by atoms with Gasteiger partial charge in [0, 0.05) is 16.8 Å². The van der Waals surface area contributed by atoms with Crippen LogP contribution in [-0.2, 0) is 4.74 Å². The van der Waals surface area contributed by atoms with Gasteiger partial charge in [-0.2, -0.15) is 0 Å². The number of amides is 1. The third kappa shape index (κ3) is 4.25. The predicted octanol–water partition coefficient (Wildman–Crippen LogP) is 3.79. The van der Waals surface area contributed by atoms with Gasteiger partial charge in [-0.1, -0.05) is 30.3 Å². The van der Waals surface area contributed by atoms with Crippen LogP contribution in [0.3, 0.4) is 0 Å². The Balaban J connectivity index is 2.21. The molecule has 0 unspecified atom stereocenters. The Hall–Kier alpha value is -3.87. The number of benzene rings is 2. The van der Waals surface area contributed by atoms with Crippen LogP contribution in [0.1, 0.15) is 33.3 Å². The molecule has 1 amide bonds. The molecule has 0 spiro atoms. The van der Waals surface area contributed by atoms with E-state index >= 15 is 0 Å². The molecule has 0 aliphatic rings. The van der Waals surface area contributed by atoms with Gasteiger partial charge in [0.2, 0.25) is 0 Å². The second-order valence-corrected chi connectivity index (χ2v) is 6.47. The molecule has 3 aromatic rings. The van der Waals surface area contributed by atoms with Crippen LogP contribution in [0.15, 0.2) is 59.4 Å². The number of carbonyl (C=O) groups excluding carboxylic acids is 2. The molecular formula is C23H22N2O5. The summed E-state index contributed by atoms with van der Waals surface area (Å²) in [5.41, 5.74) is 1.24. The normalized spacial score (nSPS) is 10.4. The number of aromatic amines is 1. The van der Waals surface area contributed by atoms with Crippen molar-refractivity contribution in [3.05, 3.63) is 81.8 Å². The van der Waals surface area contributed by atoms with E-state index in [2.05, 4.69) is 10.3 Å². The van der Waals surface area contributed by atoms with Crippen LogP contribution in [0, 0.1) is 6.92 Å². The molecule has 154 valence electrons. The molecular weight excluding hydrogens is 384 g/mol. The van der Waals surface area contributed by atoms with Gasteiger partial charge in [0.15, 0.2) is 0 Å². The summed E-state index contributed by atoms with van der Waals surface area (Å²) in [4.78, 5) is 40.9. The van der Waals surface area contributed by atoms with Gasteiger partial charge >= 0.3 is 5.97 Å². The predicted molar refractivity (Wildman–Crippen MR) is 114 cm³/mol. The highest BCUT2D eigenvalue weighted by atomic mass is 16.5. The number of hydrogen-bond acceptors (Lipinski definition) is 5. The molecule has 0 bridgehead atoms. The van der Waals surface area contributed by atoms with Crippen LogP contribution in [0.5, 0.6) is 5.75 Å². The minimum atomic E-state index is -0.590. The lowest BCUT2D eigenvalue weighted by Gasteiger charge is -2.17. The largest absolute Gasteiger partial charge is 0.497 e. The van der Waals surface area contributed by atoms with Crippen molar-refractivity contribution >= 4 is 17.6 Å². The lowest BCUT2D eigenvalue weighted by Crippen LogP contribution is -2.24. The minimum Gasteiger partial charge on any atom is -0.497 e. The molecule has 0 saturated heterocycles. The Morgan fingerprint density at radius 1 is 1.03 bits per heavy atom. The number of anilines is 1. The standard InChI is InChI=1S/C23H22N2O5/c1-4-30-23(28)18-14(2)24-22(27)20(25-21(26)16-8-6-5-7-9-16)19(18)15-10-12-17(29-3)13-11-15/h5-13H,4H2,1-3H3,(H,24,27)(H,25,26). The van der Waals surface area contributed by atoms with Crippen molar-refractivity contribution in [1.29, 1.82) is 0 Å². The van der Waals surface area contributed by atoms with E-state index in [0.29, 0.717) is 28.1 Å². The summed E-state index contributed by atoms with van der Waals surface area (Å²) in [7, 11) is 1.54. The zero-order chi connectivity index (χ0) is 21.7. The molecule has 0 atom stereocenters. The fraction of sp³-hybridized carbons (Fsp3) is 0.174. The smallest absolute Gasteiger partial charge is 0.340 e. The highest BCUT2D eigenvalue weighted by Crippen LogP contribution is 2.32. The van der Waals surface area contributed by atoms with Crippen molar-refractivity contribution in [2.75, 3.05) is 19.0 Å². The van der Waals surface area contributed by atoms with Gasteiger partial charge in [-0.25, -0.2) is 4.79 Å². The highest BCUT2D eigenvalue weighted by molar-refractivity contribution is 6.09. The van der Waals surface area contributed by atoms with E-state index in [1.54, 1.807) is 75.6 Å². The first-order valence-corrected chi connectivity index (χ1v) is 9.41. The third-order valence-electron chi connectivity index (χ3n) is 4.54. The first-order valence-electron chi connectivity index (χ1n) is 9.41. The number of aryl methyl sites for hydroxylation is 1. The summed E-state index contributed by atoms with van der Waals surface area (Å²) < 4.78 is 10.4. The quantitative estimate of drug-likeness (QED) is 0.607. The van der Waals surface area contributed by atoms with Crippen LogP contribution in [0.2, 0.25) is 0 Å². The first-order chi connectivity index (χ1) is 14.5. The number of ether oxygens (including phenoxy) is 2. The Morgan fingerprint density at radius 3 is 2.30 bits per heavy atom. The summed E-state index contributed by atoms with van der Waals surface area (Å²) in [6.07, 6.45) is 0. The molecule has 1 aromatic heterocycles. The number of carbonyl (C=O) groups is 2. The zero-order valence-electron chi connectivity index (χ0n) is 16.9. The highest BCUT2D eigenvalue weighted by Gasteiger charge is 2.25. The molecule has 1 heterocycles. The van der Waals surface area contributed by atoms with E-state index in [4.69, 9.17) is 9.47 Å². The second-order valence-electron chi connectivity index (χ2n) is 6.47. The van der Waals surface area contributed by atoms with Gasteiger partial charge in [0.25, 0.3) is 11.5 Å². The van der Waals surface area contributed by atoms with Crippen molar-refractivity contribution < 1.29 is 19.1 Å². The van der Waals surface area contributed by atoms with Crippen molar-refractivity contribution in [3.8, 4) is 16.9 Å². The summed E-state index contributed by atoms with van der Waals surface area (Å²) >= 11 is 0. The van der Waals surface area contributed by atoms with Gasteiger partial charge in [-0.15, -0.1) is 0 Å². The average Bonchev–Trinajstić information content (AvgIpc) is 2.76. The summed E-state index contributed by atoms with van der Waals surface area (Å²) in [6, 6.07) is 15.4. The van der Waals surface area contributed by atoms with Gasteiger partial charge in [0.1, 0.15) is 11.4 Å². The topological polar surface area (TPSA) is 97.5 Å². The Morgan fingerprint density at radius 2 is 1.70 bits per heavy atom. The number of H-pyrrole nitrogens is 1. The maximum atomic E-state index is 12.8.